The number of H-pyrrole nitrogens is 1. The van der Waals surface area contributed by atoms with Crippen molar-refractivity contribution in [1.82, 2.24) is 30.2 Å². The number of alkyl halides is 3. The SMILES string of the molecule is C[C@H](NC(=O)c1nc(OC[C@H]2CCCO2)nc(N2CCC(c3c[nH]c4ncccc34)CC2)n1)C(F)(F)F. The average Bonchev–Trinajstić information content (AvgIpc) is 3.57. The summed E-state index contributed by atoms with van der Waals surface area (Å²) < 4.78 is 50.2. The third-order valence-electron chi connectivity index (χ3n) is 6.77. The number of piperidine rings is 1. The van der Waals surface area contributed by atoms with E-state index in [4.69, 9.17) is 9.47 Å². The van der Waals surface area contributed by atoms with Crippen molar-refractivity contribution in [2.24, 2.45) is 0 Å². The van der Waals surface area contributed by atoms with E-state index in [1.165, 1.54) is 5.56 Å². The van der Waals surface area contributed by atoms with Crippen molar-refractivity contribution in [3.05, 3.63) is 35.9 Å². The summed E-state index contributed by atoms with van der Waals surface area (Å²) in [5, 5.41) is 3.00. The number of carbonyl (C=O) groups excluding carboxylic acids is 1. The fourth-order valence-corrected chi connectivity index (χ4v) is 4.65. The molecular weight excluding hydrogens is 491 g/mol. The Hall–Kier alpha value is -3.48. The maximum Gasteiger partial charge on any atom is 0.408 e. The summed E-state index contributed by atoms with van der Waals surface area (Å²) in [6, 6.07) is 1.77. The zero-order valence-corrected chi connectivity index (χ0v) is 20.3. The normalized spacial score (nSPS) is 19.8. The summed E-state index contributed by atoms with van der Waals surface area (Å²) >= 11 is 0. The molecule has 10 nitrogen and oxygen atoms in total. The van der Waals surface area contributed by atoms with Gasteiger partial charge in [0.2, 0.25) is 11.8 Å². The number of nitrogens with zero attached hydrogens (tertiary/aromatic N) is 5. The molecule has 0 unspecified atom stereocenters. The molecule has 2 atom stereocenters. The van der Waals surface area contributed by atoms with Crippen LogP contribution >= 0.6 is 0 Å². The Kier molecular flexibility index (Phi) is 7.13. The molecule has 0 aromatic carbocycles. The number of hydrogen-bond acceptors (Lipinski definition) is 8. The van der Waals surface area contributed by atoms with E-state index in [0.717, 1.165) is 43.6 Å². The van der Waals surface area contributed by atoms with Gasteiger partial charge in [0, 0.05) is 37.5 Å². The van der Waals surface area contributed by atoms with Crippen molar-refractivity contribution in [3.63, 3.8) is 0 Å². The topological polar surface area (TPSA) is 118 Å². The molecular formula is C24H28F3N7O3. The lowest BCUT2D eigenvalue weighted by molar-refractivity contribution is -0.149. The van der Waals surface area contributed by atoms with E-state index < -0.39 is 23.9 Å². The van der Waals surface area contributed by atoms with Gasteiger partial charge in [0.15, 0.2) is 0 Å². The number of ether oxygens (including phenoxy) is 2. The third kappa shape index (κ3) is 5.76. The molecule has 1 amide bonds. The lowest BCUT2D eigenvalue weighted by Gasteiger charge is -2.32. The molecule has 2 aliphatic rings. The van der Waals surface area contributed by atoms with Crippen molar-refractivity contribution in [1.29, 1.82) is 0 Å². The fourth-order valence-electron chi connectivity index (χ4n) is 4.65. The van der Waals surface area contributed by atoms with E-state index >= 15 is 0 Å². The summed E-state index contributed by atoms with van der Waals surface area (Å²) in [7, 11) is 0. The van der Waals surface area contributed by atoms with Crippen molar-refractivity contribution in [2.45, 2.75) is 56.8 Å². The first kappa shape index (κ1) is 25.2. The van der Waals surface area contributed by atoms with Gasteiger partial charge < -0.3 is 24.7 Å². The molecule has 0 radical (unpaired) electrons. The largest absolute Gasteiger partial charge is 0.461 e. The Labute approximate surface area is 211 Å². The van der Waals surface area contributed by atoms with Gasteiger partial charge in [-0.1, -0.05) is 0 Å². The molecule has 2 saturated heterocycles. The quantitative estimate of drug-likeness (QED) is 0.488. The molecule has 13 heteroatoms. The van der Waals surface area contributed by atoms with Gasteiger partial charge in [-0.3, -0.25) is 4.79 Å². The van der Waals surface area contributed by atoms with Crippen molar-refractivity contribution >= 4 is 22.9 Å². The predicted octanol–water partition coefficient (Wildman–Crippen LogP) is 3.37. The number of nitrogens with one attached hydrogen (secondary N) is 2. The number of aromatic nitrogens is 5. The minimum atomic E-state index is -4.59. The van der Waals surface area contributed by atoms with E-state index in [1.807, 2.05) is 28.5 Å². The standard InChI is InChI=1S/C24H28F3N7O3/c1-14(24(25,26)27)30-21(35)20-31-22(33-23(32-20)37-13-16-4-3-11-36-16)34-9-6-15(7-10-34)18-12-29-19-17(18)5-2-8-28-19/h2,5,8,12,14-16H,3-4,6-7,9-11,13H2,1H3,(H,28,29)(H,30,35)/t14-,16+/m0/s1. The highest BCUT2D eigenvalue weighted by molar-refractivity contribution is 5.91. The second kappa shape index (κ2) is 10.5. The van der Waals surface area contributed by atoms with Gasteiger partial charge >= 0.3 is 12.2 Å². The number of carbonyl (C=O) groups is 1. The van der Waals surface area contributed by atoms with Crippen LogP contribution in [0.3, 0.4) is 0 Å². The van der Waals surface area contributed by atoms with Gasteiger partial charge in [0.05, 0.1) is 6.10 Å². The molecule has 3 aromatic rings. The zero-order valence-electron chi connectivity index (χ0n) is 20.3. The van der Waals surface area contributed by atoms with Crippen molar-refractivity contribution < 1.29 is 27.4 Å². The monoisotopic (exact) mass is 519 g/mol. The Morgan fingerprint density at radius 2 is 2.08 bits per heavy atom. The summed E-state index contributed by atoms with van der Waals surface area (Å²) in [5.74, 6) is -0.979. The van der Waals surface area contributed by atoms with Gasteiger partial charge in [-0.05, 0) is 56.2 Å². The van der Waals surface area contributed by atoms with E-state index in [0.29, 0.717) is 25.6 Å². The average molecular weight is 520 g/mol. The number of anilines is 1. The number of fused-ring (bicyclic) bond motifs is 1. The second-order valence-corrected chi connectivity index (χ2v) is 9.33. The molecule has 198 valence electrons. The van der Waals surface area contributed by atoms with Crippen molar-refractivity contribution in [2.75, 3.05) is 31.2 Å². The summed E-state index contributed by atoms with van der Waals surface area (Å²) in [4.78, 5) is 34.6. The van der Waals surface area contributed by atoms with E-state index in [2.05, 4.69) is 24.9 Å². The first-order valence-corrected chi connectivity index (χ1v) is 12.3. The van der Waals surface area contributed by atoms with Crippen LogP contribution in [0.25, 0.3) is 11.0 Å². The van der Waals surface area contributed by atoms with Gasteiger partial charge in [0.25, 0.3) is 5.91 Å². The smallest absolute Gasteiger partial charge is 0.408 e. The Morgan fingerprint density at radius 3 is 2.81 bits per heavy atom. The van der Waals surface area contributed by atoms with Gasteiger partial charge in [-0.25, -0.2) is 4.98 Å². The highest BCUT2D eigenvalue weighted by Crippen LogP contribution is 2.33. The number of aromatic amines is 1. The van der Waals surface area contributed by atoms with E-state index in [1.54, 1.807) is 6.20 Å². The highest BCUT2D eigenvalue weighted by Gasteiger charge is 2.38. The van der Waals surface area contributed by atoms with Crippen LogP contribution in [-0.2, 0) is 4.74 Å². The van der Waals surface area contributed by atoms with Crippen LogP contribution in [-0.4, -0.2) is 75.5 Å². The minimum Gasteiger partial charge on any atom is -0.461 e. The minimum absolute atomic E-state index is 0.116. The number of pyridine rings is 1. The van der Waals surface area contributed by atoms with Gasteiger partial charge in [-0.15, -0.1) is 0 Å². The number of hydrogen-bond donors (Lipinski definition) is 2. The molecule has 0 saturated carbocycles. The second-order valence-electron chi connectivity index (χ2n) is 9.33. The van der Waals surface area contributed by atoms with Crippen LogP contribution in [0.4, 0.5) is 19.1 Å². The lowest BCUT2D eigenvalue weighted by Crippen LogP contribution is -2.44. The number of amides is 1. The molecule has 2 fully saturated rings. The molecule has 2 N–H and O–H groups in total. The molecule has 0 bridgehead atoms. The summed E-state index contributed by atoms with van der Waals surface area (Å²) in [6.07, 6.45) is 2.36. The highest BCUT2D eigenvalue weighted by atomic mass is 19.4. The maximum absolute atomic E-state index is 13.0. The molecule has 3 aromatic heterocycles. The van der Waals surface area contributed by atoms with Crippen molar-refractivity contribution in [3.8, 4) is 6.01 Å². The molecule has 0 spiro atoms. The summed E-state index contributed by atoms with van der Waals surface area (Å²) in [6.45, 7) is 2.86. The first-order chi connectivity index (χ1) is 17.8. The first-order valence-electron chi connectivity index (χ1n) is 12.3. The Morgan fingerprint density at radius 1 is 1.27 bits per heavy atom. The number of rotatable bonds is 7. The maximum atomic E-state index is 13.0. The molecule has 5 heterocycles. The van der Waals surface area contributed by atoms with Crippen LogP contribution in [0, 0.1) is 0 Å². The van der Waals surface area contributed by atoms with Crippen LogP contribution in [0.1, 0.15) is 54.7 Å². The molecule has 2 aliphatic heterocycles. The van der Waals surface area contributed by atoms with Crippen LogP contribution in [0.5, 0.6) is 6.01 Å². The Balaban J connectivity index is 1.33. The fraction of sp³-hybridized carbons (Fsp3) is 0.542. The predicted molar refractivity (Wildman–Crippen MR) is 128 cm³/mol. The van der Waals surface area contributed by atoms with Crippen LogP contribution in [0.15, 0.2) is 24.5 Å². The Bertz CT molecular complexity index is 1240. The summed E-state index contributed by atoms with van der Waals surface area (Å²) in [5.41, 5.74) is 2.04. The third-order valence-corrected chi connectivity index (χ3v) is 6.77. The van der Waals surface area contributed by atoms with Crippen LogP contribution < -0.4 is 15.0 Å². The van der Waals surface area contributed by atoms with Gasteiger partial charge in [-0.2, -0.15) is 28.1 Å². The molecule has 37 heavy (non-hydrogen) atoms. The van der Waals surface area contributed by atoms with E-state index in [-0.39, 0.29) is 24.7 Å². The van der Waals surface area contributed by atoms with Gasteiger partial charge in [0.1, 0.15) is 18.3 Å². The molecule has 0 aliphatic carbocycles. The molecule has 5 rings (SSSR count). The zero-order chi connectivity index (χ0) is 26.0. The van der Waals surface area contributed by atoms with Crippen LogP contribution in [0.2, 0.25) is 0 Å². The lowest BCUT2D eigenvalue weighted by atomic mass is 9.89. The number of halogens is 3. The van der Waals surface area contributed by atoms with E-state index in [9.17, 15) is 18.0 Å².